The Balaban J connectivity index is 1.98. The maximum Gasteiger partial charge on any atom is 0.147 e. The second-order valence-corrected chi connectivity index (χ2v) is 7.83. The van der Waals surface area contributed by atoms with Crippen LogP contribution in [0.4, 0.5) is 0 Å². The highest BCUT2D eigenvalue weighted by Crippen LogP contribution is 2.53. The maximum absolute atomic E-state index is 9.92. The Morgan fingerprint density at radius 1 is 0.750 bits per heavy atom. The molecule has 0 aromatic heterocycles. The molecule has 0 N–H and O–H groups in total. The molecule has 0 aliphatic heterocycles. The van der Waals surface area contributed by atoms with Crippen molar-refractivity contribution in [3.63, 3.8) is 0 Å². The lowest BCUT2D eigenvalue weighted by Gasteiger charge is -2.48. The summed E-state index contributed by atoms with van der Waals surface area (Å²) in [5, 5.41) is 19.8. The van der Waals surface area contributed by atoms with E-state index in [1.54, 1.807) is 0 Å². The molecule has 0 spiro atoms. The molecule has 3 aliphatic carbocycles. The fraction of sp³-hybridized carbons (Fsp3) is 0.818. The molecule has 0 aromatic rings. The van der Waals surface area contributed by atoms with Crippen LogP contribution in [0.3, 0.4) is 0 Å². The average molecular weight is 389 g/mol. The highest BCUT2D eigenvalue weighted by molar-refractivity contribution is 5.37. The zero-order valence-corrected chi connectivity index (χ0v) is 17.1. The largest absolute Gasteiger partial charge is 0.356 e. The van der Waals surface area contributed by atoms with Crippen LogP contribution in [0.2, 0.25) is 0 Å². The van der Waals surface area contributed by atoms with Crippen molar-refractivity contribution in [1.82, 2.24) is 0 Å². The van der Waals surface area contributed by atoms with Gasteiger partial charge in [-0.1, -0.05) is 0 Å². The third kappa shape index (κ3) is 4.26. The van der Waals surface area contributed by atoms with Gasteiger partial charge in [-0.2, -0.15) is 10.5 Å². The summed E-state index contributed by atoms with van der Waals surface area (Å²) in [5.74, 6) is -0.370. The van der Waals surface area contributed by atoms with Crippen molar-refractivity contribution >= 4 is 0 Å². The Labute approximate surface area is 168 Å². The maximum atomic E-state index is 9.92. The topological polar surface area (TPSA) is 84.5 Å². The minimum absolute atomic E-state index is 0.0467. The van der Waals surface area contributed by atoms with Crippen LogP contribution < -0.4 is 0 Å². The first-order valence-electron chi connectivity index (χ1n) is 10.7. The zero-order chi connectivity index (χ0) is 19.9. The molecule has 3 aliphatic rings. The fourth-order valence-electron chi connectivity index (χ4n) is 5.31. The van der Waals surface area contributed by atoms with E-state index >= 15 is 0 Å². The highest BCUT2D eigenvalue weighted by Gasteiger charge is 2.50. The van der Waals surface area contributed by atoms with Crippen LogP contribution in [-0.2, 0) is 18.9 Å². The zero-order valence-electron chi connectivity index (χ0n) is 17.1. The summed E-state index contributed by atoms with van der Waals surface area (Å²) >= 11 is 0. The molecule has 3 rings (SSSR count). The summed E-state index contributed by atoms with van der Waals surface area (Å²) in [6.45, 7) is 5.66. The second kappa shape index (κ2) is 10.4. The molecular weight excluding hydrogens is 356 g/mol. The lowest BCUT2D eigenvalue weighted by atomic mass is 9.57. The van der Waals surface area contributed by atoms with Crippen molar-refractivity contribution in [2.45, 2.75) is 64.6 Å². The molecule has 6 nitrogen and oxygen atoms in total. The van der Waals surface area contributed by atoms with Crippen LogP contribution in [0, 0.1) is 46.3 Å². The summed E-state index contributed by atoms with van der Waals surface area (Å²) in [6.07, 6.45) is 5.66. The van der Waals surface area contributed by atoms with Crippen molar-refractivity contribution in [3.8, 4) is 12.1 Å². The molecule has 0 saturated heterocycles. The van der Waals surface area contributed by atoms with Gasteiger partial charge in [-0.05, 0) is 75.4 Å². The van der Waals surface area contributed by atoms with E-state index < -0.39 is 0 Å². The molecule has 6 heteroatoms. The van der Waals surface area contributed by atoms with Crippen LogP contribution in [-0.4, -0.2) is 39.0 Å². The first-order chi connectivity index (χ1) is 13.8. The Kier molecular flexibility index (Phi) is 7.88. The van der Waals surface area contributed by atoms with Crippen LogP contribution in [0.1, 0.15) is 52.4 Å². The van der Waals surface area contributed by atoms with Gasteiger partial charge < -0.3 is 18.9 Å². The number of rotatable bonds is 8. The molecule has 0 radical (unpaired) electrons. The van der Waals surface area contributed by atoms with E-state index in [0.717, 1.165) is 38.5 Å². The molecule has 0 heterocycles. The molecule has 28 heavy (non-hydrogen) atoms. The molecule has 0 amide bonds. The number of fused-ring (bicyclic) bond motifs is 2. The third-order valence-corrected chi connectivity index (χ3v) is 6.45. The predicted octanol–water partition coefficient (Wildman–Crippen LogP) is 3.93. The quantitative estimate of drug-likeness (QED) is 0.356. The van der Waals surface area contributed by atoms with Crippen molar-refractivity contribution < 1.29 is 18.9 Å². The monoisotopic (exact) mass is 388 g/mol. The Bertz CT molecular complexity index is 581. The number of hydrogen-bond acceptors (Lipinski definition) is 6. The second-order valence-electron chi connectivity index (χ2n) is 7.83. The first kappa shape index (κ1) is 21.3. The van der Waals surface area contributed by atoms with Crippen LogP contribution in [0.15, 0.2) is 11.1 Å². The van der Waals surface area contributed by atoms with Crippen molar-refractivity contribution in [3.05, 3.63) is 11.1 Å². The Hall–Kier alpha value is -1.44. The summed E-state index contributed by atoms with van der Waals surface area (Å²) in [4.78, 5) is 0. The standard InChI is InChI=1S/C22H32N2O4/c1-3-25-13-27-19-9-5-7-15-17(11-23)18(12-24)16-8-6-10-20(22(16)21(15)19)28-14-26-4-2/h15-20H,3-10,13-14H2,1-2H3/t15-,16+,17-,18-,19-,20-/m0/s1. The van der Waals surface area contributed by atoms with E-state index in [-0.39, 0.29) is 49.5 Å². The van der Waals surface area contributed by atoms with Crippen LogP contribution in [0.5, 0.6) is 0 Å². The summed E-state index contributed by atoms with van der Waals surface area (Å²) in [5.41, 5.74) is 2.46. The van der Waals surface area contributed by atoms with Gasteiger partial charge in [-0.3, -0.25) is 0 Å². The van der Waals surface area contributed by atoms with E-state index in [9.17, 15) is 10.5 Å². The minimum Gasteiger partial charge on any atom is -0.356 e. The lowest BCUT2D eigenvalue weighted by molar-refractivity contribution is -0.0985. The number of nitrogens with zero attached hydrogens (tertiary/aromatic N) is 2. The molecule has 2 saturated carbocycles. The SMILES string of the molecule is CCOCO[C@H]1CCC[C@@H]2C1=C1[C@@H](OCOCC)CCC[C@@H]1[C@H](C#N)[C@H]2C#N. The van der Waals surface area contributed by atoms with Gasteiger partial charge in [0.15, 0.2) is 0 Å². The molecule has 0 bridgehead atoms. The Morgan fingerprint density at radius 3 is 1.54 bits per heavy atom. The van der Waals surface area contributed by atoms with Crippen molar-refractivity contribution in [2.24, 2.45) is 23.7 Å². The van der Waals surface area contributed by atoms with E-state index in [1.807, 2.05) is 13.8 Å². The highest BCUT2D eigenvalue weighted by atomic mass is 16.7. The van der Waals surface area contributed by atoms with E-state index in [1.165, 1.54) is 11.1 Å². The molecule has 0 aromatic carbocycles. The minimum atomic E-state index is -0.266. The molecular formula is C22H32N2O4. The van der Waals surface area contributed by atoms with E-state index in [4.69, 9.17) is 18.9 Å². The molecule has 0 unspecified atom stereocenters. The van der Waals surface area contributed by atoms with Gasteiger partial charge in [0, 0.05) is 13.2 Å². The van der Waals surface area contributed by atoms with Crippen molar-refractivity contribution in [1.29, 1.82) is 10.5 Å². The summed E-state index contributed by atoms with van der Waals surface area (Å²) < 4.78 is 23.1. The lowest BCUT2D eigenvalue weighted by Crippen LogP contribution is -2.46. The van der Waals surface area contributed by atoms with Crippen LogP contribution in [0.25, 0.3) is 0 Å². The van der Waals surface area contributed by atoms with Gasteiger partial charge in [0.05, 0.1) is 36.2 Å². The third-order valence-electron chi connectivity index (χ3n) is 6.45. The van der Waals surface area contributed by atoms with Gasteiger partial charge in [-0.15, -0.1) is 0 Å². The fourth-order valence-corrected chi connectivity index (χ4v) is 5.31. The normalized spacial score (nSPS) is 34.9. The average Bonchev–Trinajstić information content (AvgIpc) is 2.73. The predicted molar refractivity (Wildman–Crippen MR) is 103 cm³/mol. The summed E-state index contributed by atoms with van der Waals surface area (Å²) in [6, 6.07) is 4.97. The van der Waals surface area contributed by atoms with Gasteiger partial charge in [-0.25, -0.2) is 0 Å². The van der Waals surface area contributed by atoms with Gasteiger partial charge in [0.2, 0.25) is 0 Å². The van der Waals surface area contributed by atoms with Crippen LogP contribution >= 0.6 is 0 Å². The molecule has 2 fully saturated rings. The van der Waals surface area contributed by atoms with Gasteiger partial charge >= 0.3 is 0 Å². The Morgan fingerprint density at radius 2 is 1.18 bits per heavy atom. The van der Waals surface area contributed by atoms with E-state index in [2.05, 4.69) is 12.1 Å². The molecule has 6 atom stereocenters. The number of hydrogen-bond donors (Lipinski definition) is 0. The number of nitriles is 2. The smallest absolute Gasteiger partial charge is 0.147 e. The van der Waals surface area contributed by atoms with Gasteiger partial charge in [0.25, 0.3) is 0 Å². The van der Waals surface area contributed by atoms with Gasteiger partial charge in [0.1, 0.15) is 13.6 Å². The number of ether oxygens (including phenoxy) is 4. The first-order valence-corrected chi connectivity index (χ1v) is 10.7. The van der Waals surface area contributed by atoms with Crippen molar-refractivity contribution in [2.75, 3.05) is 26.8 Å². The molecule has 154 valence electrons. The summed E-state index contributed by atoms with van der Waals surface area (Å²) in [7, 11) is 0. The van der Waals surface area contributed by atoms with E-state index in [0.29, 0.717) is 13.2 Å².